The van der Waals surface area contributed by atoms with E-state index in [1.165, 1.54) is 7.11 Å². The number of H-pyrrole nitrogens is 1. The molecule has 1 aromatic heterocycles. The van der Waals surface area contributed by atoms with Gasteiger partial charge in [0.2, 0.25) is 0 Å². The Hall–Kier alpha value is -1.81. The van der Waals surface area contributed by atoms with Gasteiger partial charge in [0.15, 0.2) is 6.79 Å². The van der Waals surface area contributed by atoms with E-state index in [4.69, 9.17) is 9.47 Å². The molecular weight excluding hydrogens is 194 g/mol. The molecule has 0 aliphatic heterocycles. The number of aromatic nitrogens is 1. The van der Waals surface area contributed by atoms with E-state index in [1.807, 2.05) is 12.1 Å². The van der Waals surface area contributed by atoms with Gasteiger partial charge in [0.05, 0.1) is 11.6 Å². The van der Waals surface area contributed by atoms with Crippen LogP contribution in [0.3, 0.4) is 0 Å². The summed E-state index contributed by atoms with van der Waals surface area (Å²) in [5.41, 5.74) is -0.209. The van der Waals surface area contributed by atoms with Gasteiger partial charge in [-0.1, -0.05) is 12.1 Å². The van der Waals surface area contributed by atoms with Crippen LogP contribution in [-0.2, 0) is 4.74 Å². The zero-order chi connectivity index (χ0) is 10.7. The van der Waals surface area contributed by atoms with Crippen molar-refractivity contribution in [3.8, 4) is 5.75 Å². The molecule has 1 aromatic carbocycles. The van der Waals surface area contributed by atoms with E-state index in [0.717, 1.165) is 5.39 Å². The van der Waals surface area contributed by atoms with E-state index in [0.29, 0.717) is 11.1 Å². The Kier molecular flexibility index (Phi) is 2.69. The maximum absolute atomic E-state index is 11.6. The molecule has 4 heteroatoms. The molecule has 0 aliphatic rings. The summed E-state index contributed by atoms with van der Waals surface area (Å²) in [7, 11) is 1.53. The Morgan fingerprint density at radius 1 is 1.47 bits per heavy atom. The lowest BCUT2D eigenvalue weighted by molar-refractivity contribution is 0.0522. The molecule has 0 saturated carbocycles. The van der Waals surface area contributed by atoms with Gasteiger partial charge in [-0.05, 0) is 17.5 Å². The molecule has 4 nitrogen and oxygen atoms in total. The topological polar surface area (TPSA) is 51.3 Å². The fraction of sp³-hybridized carbons (Fsp3) is 0.182. The van der Waals surface area contributed by atoms with Gasteiger partial charge < -0.3 is 14.5 Å². The minimum Gasteiger partial charge on any atom is -0.467 e. The van der Waals surface area contributed by atoms with Crippen LogP contribution < -0.4 is 10.3 Å². The van der Waals surface area contributed by atoms with Crippen LogP contribution in [-0.4, -0.2) is 18.9 Å². The summed E-state index contributed by atoms with van der Waals surface area (Å²) in [6.45, 7) is 0.122. The van der Waals surface area contributed by atoms with Gasteiger partial charge in [-0.25, -0.2) is 0 Å². The molecule has 77 valence electrons. The first-order chi connectivity index (χ1) is 7.33. The van der Waals surface area contributed by atoms with Gasteiger partial charge in [0.25, 0.3) is 5.56 Å². The lowest BCUT2D eigenvalue weighted by Crippen LogP contribution is -2.08. The second kappa shape index (κ2) is 4.14. The van der Waals surface area contributed by atoms with Crippen molar-refractivity contribution in [3.05, 3.63) is 40.8 Å². The quantitative estimate of drug-likeness (QED) is 0.767. The van der Waals surface area contributed by atoms with E-state index in [9.17, 15) is 4.79 Å². The fourth-order valence-electron chi connectivity index (χ4n) is 1.40. The standard InChI is InChI=1S/C11H10NO3/c1-14-7-15-9-4-2-3-8-5-6-12-11(13)10(8)9/h2-5H,7H2,1H3,(H,12,13). The molecule has 0 aliphatic carbocycles. The molecule has 2 aromatic rings. The van der Waals surface area contributed by atoms with E-state index in [1.54, 1.807) is 12.1 Å². The Labute approximate surface area is 86.5 Å². The molecule has 0 saturated heterocycles. The normalized spacial score (nSPS) is 10.5. The molecule has 0 spiro atoms. The van der Waals surface area contributed by atoms with E-state index in [-0.39, 0.29) is 12.4 Å². The largest absolute Gasteiger partial charge is 0.467 e. The molecule has 1 N–H and O–H groups in total. The predicted octanol–water partition coefficient (Wildman–Crippen LogP) is 1.31. The number of methoxy groups -OCH3 is 1. The van der Waals surface area contributed by atoms with Gasteiger partial charge in [-0.2, -0.15) is 0 Å². The van der Waals surface area contributed by atoms with Crippen molar-refractivity contribution in [2.45, 2.75) is 0 Å². The summed E-state index contributed by atoms with van der Waals surface area (Å²) in [5.74, 6) is 0.518. The third-order valence-electron chi connectivity index (χ3n) is 2.03. The highest BCUT2D eigenvalue weighted by Crippen LogP contribution is 2.21. The molecule has 0 atom stereocenters. The molecule has 0 fully saturated rings. The zero-order valence-corrected chi connectivity index (χ0v) is 8.24. The summed E-state index contributed by atoms with van der Waals surface area (Å²) in [5, 5.41) is 1.32. The predicted molar refractivity (Wildman–Crippen MR) is 55.9 cm³/mol. The molecule has 2 rings (SSSR count). The number of rotatable bonds is 3. The Morgan fingerprint density at radius 3 is 3.13 bits per heavy atom. The van der Waals surface area contributed by atoms with Crippen molar-refractivity contribution in [2.24, 2.45) is 0 Å². The Bertz CT molecular complexity index is 513. The first kappa shape index (κ1) is 9.73. The van der Waals surface area contributed by atoms with Gasteiger partial charge >= 0.3 is 0 Å². The minimum atomic E-state index is -0.209. The van der Waals surface area contributed by atoms with Crippen molar-refractivity contribution in [3.63, 3.8) is 0 Å². The van der Waals surface area contributed by atoms with Gasteiger partial charge in [-0.3, -0.25) is 4.79 Å². The summed E-state index contributed by atoms with van der Waals surface area (Å²) in [6, 6.07) is 7.09. The Balaban J connectivity index is 2.59. The van der Waals surface area contributed by atoms with E-state index in [2.05, 4.69) is 11.2 Å². The number of hydrogen-bond donors (Lipinski definition) is 1. The highest BCUT2D eigenvalue weighted by Gasteiger charge is 2.05. The third-order valence-corrected chi connectivity index (χ3v) is 2.03. The molecule has 0 bridgehead atoms. The first-order valence-corrected chi connectivity index (χ1v) is 4.47. The zero-order valence-electron chi connectivity index (χ0n) is 8.24. The summed E-state index contributed by atoms with van der Waals surface area (Å²) < 4.78 is 10.1. The average Bonchev–Trinajstić information content (AvgIpc) is 2.26. The lowest BCUT2D eigenvalue weighted by atomic mass is 10.1. The van der Waals surface area contributed by atoms with Gasteiger partial charge in [0, 0.05) is 7.11 Å². The van der Waals surface area contributed by atoms with Crippen molar-refractivity contribution >= 4 is 10.8 Å². The average molecular weight is 204 g/mol. The number of nitrogens with one attached hydrogen (secondary N) is 1. The fourth-order valence-corrected chi connectivity index (χ4v) is 1.40. The molecule has 1 radical (unpaired) electrons. The van der Waals surface area contributed by atoms with Crippen LogP contribution in [0.1, 0.15) is 0 Å². The van der Waals surface area contributed by atoms with E-state index < -0.39 is 0 Å². The molecule has 0 amide bonds. The highest BCUT2D eigenvalue weighted by atomic mass is 16.7. The van der Waals surface area contributed by atoms with Crippen LogP contribution in [0, 0.1) is 6.20 Å². The van der Waals surface area contributed by atoms with Gasteiger partial charge in [-0.15, -0.1) is 0 Å². The molecule has 0 unspecified atom stereocenters. The number of fused-ring (bicyclic) bond motifs is 1. The summed E-state index contributed by atoms with van der Waals surface area (Å²) >= 11 is 0. The van der Waals surface area contributed by atoms with Crippen LogP contribution in [0.25, 0.3) is 10.8 Å². The summed E-state index contributed by atoms with van der Waals surface area (Å²) in [4.78, 5) is 14.0. The monoisotopic (exact) mass is 204 g/mol. The highest BCUT2D eigenvalue weighted by molar-refractivity contribution is 5.87. The van der Waals surface area contributed by atoms with Gasteiger partial charge in [0.1, 0.15) is 5.75 Å². The number of benzene rings is 1. The maximum atomic E-state index is 11.6. The maximum Gasteiger partial charge on any atom is 0.260 e. The van der Waals surface area contributed by atoms with Crippen LogP contribution in [0.2, 0.25) is 0 Å². The summed E-state index contributed by atoms with van der Waals surface area (Å²) in [6.07, 6.45) is 2.66. The van der Waals surface area contributed by atoms with E-state index >= 15 is 0 Å². The van der Waals surface area contributed by atoms with Crippen LogP contribution >= 0.6 is 0 Å². The minimum absolute atomic E-state index is 0.122. The van der Waals surface area contributed by atoms with Crippen LogP contribution in [0.15, 0.2) is 29.1 Å². The van der Waals surface area contributed by atoms with Crippen molar-refractivity contribution in [2.75, 3.05) is 13.9 Å². The number of ether oxygens (including phenoxy) is 2. The Morgan fingerprint density at radius 2 is 2.33 bits per heavy atom. The van der Waals surface area contributed by atoms with Crippen molar-refractivity contribution in [1.82, 2.24) is 4.98 Å². The molecule has 15 heavy (non-hydrogen) atoms. The van der Waals surface area contributed by atoms with Crippen molar-refractivity contribution in [1.29, 1.82) is 0 Å². The second-order valence-electron chi connectivity index (χ2n) is 3.01. The lowest BCUT2D eigenvalue weighted by Gasteiger charge is -2.06. The van der Waals surface area contributed by atoms with Crippen LogP contribution in [0.4, 0.5) is 0 Å². The molecule has 1 heterocycles. The number of hydrogen-bond acceptors (Lipinski definition) is 3. The number of pyridine rings is 1. The van der Waals surface area contributed by atoms with Crippen LogP contribution in [0.5, 0.6) is 5.75 Å². The third kappa shape index (κ3) is 1.85. The SMILES string of the molecule is COCOc1cccc2c[c][nH]c(=O)c12. The first-order valence-electron chi connectivity index (χ1n) is 4.47. The van der Waals surface area contributed by atoms with Crippen molar-refractivity contribution < 1.29 is 9.47 Å². The molecular formula is C11H10NO3. The number of aromatic amines is 1. The second-order valence-corrected chi connectivity index (χ2v) is 3.01. The smallest absolute Gasteiger partial charge is 0.260 e.